The number of nitrogens with one attached hydrogen (secondary N) is 1. The summed E-state index contributed by atoms with van der Waals surface area (Å²) in [6.45, 7) is 8.83. The number of carbonyl (C=O) groups excluding carboxylic acids is 1. The van der Waals surface area contributed by atoms with E-state index in [1.54, 1.807) is 18.1 Å². The van der Waals surface area contributed by atoms with Crippen LogP contribution >= 0.6 is 0 Å². The normalized spacial score (nSPS) is 22.0. The molecule has 2 amide bonds. The Morgan fingerprint density at radius 3 is 2.57 bits per heavy atom. The summed E-state index contributed by atoms with van der Waals surface area (Å²) >= 11 is 0. The van der Waals surface area contributed by atoms with Gasteiger partial charge >= 0.3 is 13.1 Å². The SMILES string of the molecule is CNC(=O)N1CCCc2cc(B3OC(C)(C)C(C)(C)O3)cnc21. The maximum absolute atomic E-state index is 12.0. The predicted octanol–water partition coefficient (Wildman–Crippen LogP) is 1.47. The van der Waals surface area contributed by atoms with Gasteiger partial charge in [0.1, 0.15) is 5.82 Å². The van der Waals surface area contributed by atoms with Crippen molar-refractivity contribution in [2.75, 3.05) is 18.5 Å². The third-order valence-corrected chi connectivity index (χ3v) is 5.03. The van der Waals surface area contributed by atoms with Crippen LogP contribution in [0, 0.1) is 0 Å². The standard InChI is InChI=1S/C16H24BN3O3/c1-15(2)16(3,4)23-17(22-15)12-9-11-7-6-8-20(14(21)18-5)13(11)19-10-12/h9-10H,6-8H2,1-5H3,(H,18,21). The van der Waals surface area contributed by atoms with Gasteiger partial charge in [0, 0.05) is 25.3 Å². The van der Waals surface area contributed by atoms with Gasteiger partial charge < -0.3 is 14.6 Å². The van der Waals surface area contributed by atoms with Crippen molar-refractivity contribution in [3.63, 3.8) is 0 Å². The van der Waals surface area contributed by atoms with Crippen molar-refractivity contribution in [1.82, 2.24) is 10.3 Å². The largest absolute Gasteiger partial charge is 0.496 e. The van der Waals surface area contributed by atoms with Crippen molar-refractivity contribution in [2.45, 2.75) is 51.7 Å². The number of nitrogens with zero attached hydrogens (tertiary/aromatic N) is 2. The number of hydrogen-bond donors (Lipinski definition) is 1. The number of fused-ring (bicyclic) bond motifs is 1. The number of anilines is 1. The van der Waals surface area contributed by atoms with Crippen molar-refractivity contribution in [3.8, 4) is 0 Å². The summed E-state index contributed by atoms with van der Waals surface area (Å²) in [5, 5.41) is 2.66. The number of aryl methyl sites for hydroxylation is 1. The third kappa shape index (κ3) is 2.72. The number of pyridine rings is 1. The molecular weight excluding hydrogens is 293 g/mol. The van der Waals surface area contributed by atoms with Crippen molar-refractivity contribution in [2.24, 2.45) is 0 Å². The van der Waals surface area contributed by atoms with Crippen molar-refractivity contribution in [3.05, 3.63) is 17.8 Å². The molecule has 0 spiro atoms. The monoisotopic (exact) mass is 317 g/mol. The molecule has 23 heavy (non-hydrogen) atoms. The zero-order valence-corrected chi connectivity index (χ0v) is 14.5. The molecule has 0 saturated carbocycles. The van der Waals surface area contributed by atoms with Crippen LogP contribution in [-0.2, 0) is 15.7 Å². The van der Waals surface area contributed by atoms with Gasteiger partial charge in [-0.3, -0.25) is 4.90 Å². The topological polar surface area (TPSA) is 63.7 Å². The van der Waals surface area contributed by atoms with Gasteiger partial charge in [0.2, 0.25) is 0 Å². The molecule has 1 saturated heterocycles. The number of aromatic nitrogens is 1. The molecule has 0 bridgehead atoms. The lowest BCUT2D eigenvalue weighted by Gasteiger charge is -2.32. The van der Waals surface area contributed by atoms with Crippen LogP contribution in [-0.4, -0.2) is 42.9 Å². The maximum Gasteiger partial charge on any atom is 0.496 e. The van der Waals surface area contributed by atoms with E-state index in [0.29, 0.717) is 6.54 Å². The Balaban J connectivity index is 1.89. The Bertz CT molecular complexity index is 617. The second-order valence-electron chi connectivity index (χ2n) is 7.15. The second kappa shape index (κ2) is 5.49. The van der Waals surface area contributed by atoms with Crippen LogP contribution in [0.4, 0.5) is 10.6 Å². The van der Waals surface area contributed by atoms with Gasteiger partial charge in [-0.05, 0) is 46.1 Å². The van der Waals surface area contributed by atoms with Crippen molar-refractivity contribution < 1.29 is 14.1 Å². The minimum absolute atomic E-state index is 0.123. The molecule has 1 fully saturated rings. The summed E-state index contributed by atoms with van der Waals surface area (Å²) < 4.78 is 12.2. The molecule has 0 radical (unpaired) electrons. The van der Waals surface area contributed by atoms with E-state index in [0.717, 1.165) is 29.7 Å². The van der Waals surface area contributed by atoms with Gasteiger partial charge in [0.05, 0.1) is 11.2 Å². The fourth-order valence-electron chi connectivity index (χ4n) is 2.92. The van der Waals surface area contributed by atoms with E-state index in [1.165, 1.54) is 0 Å². The molecule has 2 aliphatic heterocycles. The average molecular weight is 317 g/mol. The van der Waals surface area contributed by atoms with Crippen LogP contribution in [0.1, 0.15) is 39.7 Å². The molecule has 3 heterocycles. The highest BCUT2D eigenvalue weighted by Gasteiger charge is 2.52. The van der Waals surface area contributed by atoms with E-state index in [9.17, 15) is 4.79 Å². The van der Waals surface area contributed by atoms with Crippen molar-refractivity contribution in [1.29, 1.82) is 0 Å². The second-order valence-corrected chi connectivity index (χ2v) is 7.15. The number of urea groups is 1. The number of hydrogen-bond acceptors (Lipinski definition) is 4. The Morgan fingerprint density at radius 2 is 1.96 bits per heavy atom. The van der Waals surface area contributed by atoms with Crippen LogP contribution < -0.4 is 15.7 Å². The molecule has 0 aromatic carbocycles. The Morgan fingerprint density at radius 1 is 1.30 bits per heavy atom. The number of amides is 2. The Labute approximate surface area is 137 Å². The molecule has 0 aliphatic carbocycles. The third-order valence-electron chi connectivity index (χ3n) is 5.03. The molecule has 1 aromatic rings. The summed E-state index contributed by atoms with van der Waals surface area (Å²) in [6.07, 6.45) is 3.58. The van der Waals surface area contributed by atoms with E-state index in [2.05, 4.69) is 16.4 Å². The molecule has 0 atom stereocenters. The molecule has 6 nitrogen and oxygen atoms in total. The average Bonchev–Trinajstić information content (AvgIpc) is 2.73. The van der Waals surface area contributed by atoms with Crippen LogP contribution in [0.25, 0.3) is 0 Å². The first-order valence-corrected chi connectivity index (χ1v) is 8.09. The lowest BCUT2D eigenvalue weighted by Crippen LogP contribution is -2.43. The molecule has 7 heteroatoms. The highest BCUT2D eigenvalue weighted by Crippen LogP contribution is 2.36. The van der Waals surface area contributed by atoms with Gasteiger partial charge in [-0.25, -0.2) is 9.78 Å². The van der Waals surface area contributed by atoms with Gasteiger partial charge in [-0.15, -0.1) is 0 Å². The summed E-state index contributed by atoms with van der Waals surface area (Å²) in [4.78, 5) is 18.2. The minimum Gasteiger partial charge on any atom is -0.399 e. The molecular formula is C16H24BN3O3. The molecule has 124 valence electrons. The molecule has 3 rings (SSSR count). The molecule has 2 aliphatic rings. The van der Waals surface area contributed by atoms with Crippen LogP contribution in [0.3, 0.4) is 0 Å². The van der Waals surface area contributed by atoms with Crippen LogP contribution in [0.2, 0.25) is 0 Å². The summed E-state index contributed by atoms with van der Waals surface area (Å²) in [6, 6.07) is 1.93. The lowest BCUT2D eigenvalue weighted by molar-refractivity contribution is 0.00578. The summed E-state index contributed by atoms with van der Waals surface area (Å²) in [5.74, 6) is 0.732. The zero-order valence-electron chi connectivity index (χ0n) is 14.5. The molecule has 0 unspecified atom stereocenters. The first-order chi connectivity index (χ1) is 10.7. The predicted molar refractivity (Wildman–Crippen MR) is 90.1 cm³/mol. The first-order valence-electron chi connectivity index (χ1n) is 8.09. The molecule has 1 N–H and O–H groups in total. The van der Waals surface area contributed by atoms with E-state index in [4.69, 9.17) is 9.31 Å². The lowest BCUT2D eigenvalue weighted by atomic mass is 9.79. The van der Waals surface area contributed by atoms with Crippen molar-refractivity contribution >= 4 is 24.4 Å². The van der Waals surface area contributed by atoms with E-state index < -0.39 is 7.12 Å². The zero-order chi connectivity index (χ0) is 16.8. The first kappa shape index (κ1) is 16.3. The van der Waals surface area contributed by atoms with Gasteiger partial charge in [-0.1, -0.05) is 6.07 Å². The number of carbonyl (C=O) groups is 1. The smallest absolute Gasteiger partial charge is 0.399 e. The van der Waals surface area contributed by atoms with E-state index >= 15 is 0 Å². The van der Waals surface area contributed by atoms with Gasteiger partial charge in [-0.2, -0.15) is 0 Å². The van der Waals surface area contributed by atoms with Crippen LogP contribution in [0.5, 0.6) is 0 Å². The van der Waals surface area contributed by atoms with Crippen LogP contribution in [0.15, 0.2) is 12.3 Å². The summed E-state index contributed by atoms with van der Waals surface area (Å²) in [5.41, 5.74) is 1.22. The maximum atomic E-state index is 12.0. The minimum atomic E-state index is -0.423. The molecule has 1 aromatic heterocycles. The Hall–Kier alpha value is -1.60. The van der Waals surface area contributed by atoms with Gasteiger partial charge in [0.25, 0.3) is 0 Å². The summed E-state index contributed by atoms with van der Waals surface area (Å²) in [7, 11) is 1.21. The highest BCUT2D eigenvalue weighted by molar-refractivity contribution is 6.62. The Kier molecular flexibility index (Phi) is 3.88. The highest BCUT2D eigenvalue weighted by atomic mass is 16.7. The van der Waals surface area contributed by atoms with E-state index in [1.807, 2.05) is 27.7 Å². The van der Waals surface area contributed by atoms with E-state index in [-0.39, 0.29) is 17.2 Å². The fourth-order valence-corrected chi connectivity index (χ4v) is 2.92. The quantitative estimate of drug-likeness (QED) is 0.797. The van der Waals surface area contributed by atoms with Gasteiger partial charge in [0.15, 0.2) is 0 Å². The number of rotatable bonds is 1. The fraction of sp³-hybridized carbons (Fsp3) is 0.625.